The lowest BCUT2D eigenvalue weighted by atomic mass is 10.0. The topological polar surface area (TPSA) is 0 Å². The second-order valence-electron chi connectivity index (χ2n) is 16.4. The average molecular weight is 732 g/mol. The monoisotopic (exact) mass is 731 g/mol. The van der Waals surface area contributed by atoms with Crippen molar-refractivity contribution in [3.05, 3.63) is 0 Å². The molecule has 0 saturated carbocycles. The first-order valence-corrected chi connectivity index (χ1v) is 25.2. The minimum Gasteiger partial charge on any atom is -1.00 e. The first-order chi connectivity index (χ1) is 22.1. The molecule has 0 atom stereocenters. The van der Waals surface area contributed by atoms with E-state index in [2.05, 4.69) is 26.9 Å². The molecule has 0 heterocycles. The van der Waals surface area contributed by atoms with Gasteiger partial charge >= 0.3 is 0 Å². The molecule has 0 aromatic heterocycles. The zero-order chi connectivity index (χ0) is 32.8. The summed E-state index contributed by atoms with van der Waals surface area (Å²) in [5.74, 6) is 0. The van der Waals surface area contributed by atoms with Crippen LogP contribution >= 0.6 is 7.26 Å². The molecule has 0 aromatic carbocycles. The molecule has 0 aliphatic rings. The number of hydrogen-bond donors (Lipinski definition) is 0. The number of hydrogen-bond acceptors (Lipinski definition) is 0. The molecule has 0 spiro atoms. The van der Waals surface area contributed by atoms with E-state index in [1.54, 1.807) is 0 Å². The highest BCUT2D eigenvalue weighted by Crippen LogP contribution is 2.47. The standard InChI is InChI=1S/C44H92P.BrH/c1-5-6-7-8-9-10-11-12-13-14-15-16-17-18-19-20-21-22-23-24-25-26-27-28-29-30-31-32-33-34-35-36-37-38-39-40-41-42-43-44-45(2,3)4;/h5-44H2,1-4H3;1H/q+1;/p-1. The van der Waals surface area contributed by atoms with Crippen LogP contribution in [0.4, 0.5) is 0 Å². The number of halogens is 1. The third-order valence-electron chi connectivity index (χ3n) is 10.4. The predicted octanol–water partition coefficient (Wildman–Crippen LogP) is 14.1. The van der Waals surface area contributed by atoms with Crippen LogP contribution in [0.5, 0.6) is 0 Å². The van der Waals surface area contributed by atoms with Crippen LogP contribution in [0.3, 0.4) is 0 Å². The number of rotatable bonds is 40. The van der Waals surface area contributed by atoms with Crippen molar-refractivity contribution in [1.82, 2.24) is 0 Å². The molecular formula is C44H92BrP. The maximum Gasteiger partial charge on any atom is 0.0586 e. The Kier molecular flexibility index (Phi) is 44.8. The highest BCUT2D eigenvalue weighted by Gasteiger charge is 2.15. The Bertz CT molecular complexity index is 513. The van der Waals surface area contributed by atoms with Gasteiger partial charge in [-0.15, -0.1) is 0 Å². The summed E-state index contributed by atoms with van der Waals surface area (Å²) < 4.78 is 0. The highest BCUT2D eigenvalue weighted by atomic mass is 79.9. The van der Waals surface area contributed by atoms with Crippen molar-refractivity contribution >= 4 is 7.26 Å². The summed E-state index contributed by atoms with van der Waals surface area (Å²) in [6.07, 6.45) is 59.6. The van der Waals surface area contributed by atoms with E-state index in [1.807, 2.05) is 0 Å². The van der Waals surface area contributed by atoms with E-state index in [0.717, 1.165) is 0 Å². The molecule has 0 radical (unpaired) electrons. The maximum absolute atomic E-state index is 2.48. The zero-order valence-corrected chi connectivity index (χ0v) is 35.6. The van der Waals surface area contributed by atoms with Crippen molar-refractivity contribution in [3.63, 3.8) is 0 Å². The van der Waals surface area contributed by atoms with E-state index < -0.39 is 7.26 Å². The number of unbranched alkanes of at least 4 members (excludes halogenated alkanes) is 38. The van der Waals surface area contributed by atoms with Crippen LogP contribution in [-0.4, -0.2) is 26.2 Å². The van der Waals surface area contributed by atoms with Crippen molar-refractivity contribution in [2.75, 3.05) is 26.2 Å². The summed E-state index contributed by atoms with van der Waals surface area (Å²) in [6.45, 7) is 9.76. The lowest BCUT2D eigenvalue weighted by Crippen LogP contribution is -3.00. The van der Waals surface area contributed by atoms with E-state index in [4.69, 9.17) is 0 Å². The third kappa shape index (κ3) is 47.0. The first kappa shape index (κ1) is 49.0. The fourth-order valence-corrected chi connectivity index (χ4v) is 8.37. The lowest BCUT2D eigenvalue weighted by molar-refractivity contribution is -0.0000102. The fourth-order valence-electron chi connectivity index (χ4n) is 7.20. The molecular weight excluding hydrogens is 639 g/mol. The average Bonchev–Trinajstić information content (AvgIpc) is 3.01. The van der Waals surface area contributed by atoms with E-state index in [-0.39, 0.29) is 17.0 Å². The maximum atomic E-state index is 2.48. The SMILES string of the molecule is CCCCCCCCCCCCCCCCCCCCCCCCCCCCCCCCCCCCCCCCC[P+](C)(C)C.[Br-]. The molecule has 0 rings (SSSR count). The second kappa shape index (κ2) is 42.1. The smallest absolute Gasteiger partial charge is 0.0586 e. The molecule has 0 aliphatic heterocycles. The first-order valence-electron chi connectivity index (χ1n) is 21.9. The molecule has 280 valence electrons. The van der Waals surface area contributed by atoms with Crippen molar-refractivity contribution in [2.45, 2.75) is 257 Å². The molecule has 0 aliphatic carbocycles. The zero-order valence-electron chi connectivity index (χ0n) is 33.1. The van der Waals surface area contributed by atoms with Crippen molar-refractivity contribution in [3.8, 4) is 0 Å². The van der Waals surface area contributed by atoms with Crippen LogP contribution in [0, 0.1) is 0 Å². The molecule has 0 bridgehead atoms. The molecule has 0 saturated heterocycles. The summed E-state index contributed by atoms with van der Waals surface area (Å²) in [7, 11) is -0.522. The molecule has 0 amide bonds. The Labute approximate surface area is 306 Å². The lowest BCUT2D eigenvalue weighted by Gasteiger charge is -2.10. The van der Waals surface area contributed by atoms with E-state index in [1.165, 1.54) is 257 Å². The largest absolute Gasteiger partial charge is 1.00 e. The molecule has 2 heteroatoms. The highest BCUT2D eigenvalue weighted by molar-refractivity contribution is 7.73. The summed E-state index contributed by atoms with van der Waals surface area (Å²) in [5.41, 5.74) is 0. The van der Waals surface area contributed by atoms with Crippen LogP contribution in [0.2, 0.25) is 0 Å². The summed E-state index contributed by atoms with van der Waals surface area (Å²) in [5, 5.41) is 0. The van der Waals surface area contributed by atoms with Gasteiger partial charge in [0.25, 0.3) is 0 Å². The molecule has 0 unspecified atom stereocenters. The van der Waals surface area contributed by atoms with Gasteiger partial charge < -0.3 is 17.0 Å². The fraction of sp³-hybridized carbons (Fsp3) is 1.00. The van der Waals surface area contributed by atoms with Gasteiger partial charge in [0.05, 0.1) is 6.16 Å². The minimum absolute atomic E-state index is 0. The van der Waals surface area contributed by atoms with Gasteiger partial charge in [0.1, 0.15) is 0 Å². The molecule has 0 aromatic rings. The van der Waals surface area contributed by atoms with Gasteiger partial charge in [0.15, 0.2) is 0 Å². The Hall–Kier alpha value is 0.910. The Morgan fingerprint density at radius 3 is 0.478 bits per heavy atom. The van der Waals surface area contributed by atoms with Gasteiger partial charge in [-0.1, -0.05) is 244 Å². The Balaban J connectivity index is 0. The van der Waals surface area contributed by atoms with Gasteiger partial charge in [-0.3, -0.25) is 0 Å². The van der Waals surface area contributed by atoms with Crippen LogP contribution in [0.25, 0.3) is 0 Å². The summed E-state index contributed by atoms with van der Waals surface area (Å²) in [4.78, 5) is 0. The minimum atomic E-state index is -0.522. The van der Waals surface area contributed by atoms with Gasteiger partial charge in [-0.25, -0.2) is 0 Å². The third-order valence-corrected chi connectivity index (χ3v) is 12.1. The van der Waals surface area contributed by atoms with Crippen LogP contribution in [0.1, 0.15) is 257 Å². The van der Waals surface area contributed by atoms with Gasteiger partial charge in [-0.2, -0.15) is 0 Å². The summed E-state index contributed by atoms with van der Waals surface area (Å²) in [6, 6.07) is 0. The van der Waals surface area contributed by atoms with E-state index in [9.17, 15) is 0 Å². The van der Waals surface area contributed by atoms with Gasteiger partial charge in [-0.05, 0) is 12.8 Å². The Morgan fingerprint density at radius 1 is 0.217 bits per heavy atom. The van der Waals surface area contributed by atoms with E-state index in [0.29, 0.717) is 0 Å². The van der Waals surface area contributed by atoms with Crippen molar-refractivity contribution in [1.29, 1.82) is 0 Å². The predicted molar refractivity (Wildman–Crippen MR) is 215 cm³/mol. The Morgan fingerprint density at radius 2 is 0.348 bits per heavy atom. The van der Waals surface area contributed by atoms with Crippen molar-refractivity contribution in [2.24, 2.45) is 0 Å². The van der Waals surface area contributed by atoms with Crippen molar-refractivity contribution < 1.29 is 17.0 Å². The quantitative estimate of drug-likeness (QED) is 0.0435. The molecule has 0 nitrogen and oxygen atoms in total. The van der Waals surface area contributed by atoms with Crippen LogP contribution in [-0.2, 0) is 0 Å². The normalized spacial score (nSPS) is 11.7. The van der Waals surface area contributed by atoms with Gasteiger partial charge in [0, 0.05) is 27.3 Å². The second-order valence-corrected chi connectivity index (χ2v) is 21.5. The molecule has 0 fully saturated rings. The molecule has 46 heavy (non-hydrogen) atoms. The molecule has 0 N–H and O–H groups in total. The van der Waals surface area contributed by atoms with Gasteiger partial charge in [0.2, 0.25) is 0 Å². The summed E-state index contributed by atoms with van der Waals surface area (Å²) >= 11 is 0. The van der Waals surface area contributed by atoms with E-state index >= 15 is 0 Å². The van der Waals surface area contributed by atoms with Crippen LogP contribution in [0.15, 0.2) is 0 Å². The van der Waals surface area contributed by atoms with Crippen LogP contribution < -0.4 is 17.0 Å².